The van der Waals surface area contributed by atoms with Gasteiger partial charge in [0, 0.05) is 25.0 Å². The van der Waals surface area contributed by atoms with Crippen molar-refractivity contribution in [1.82, 2.24) is 4.90 Å². The van der Waals surface area contributed by atoms with E-state index in [0.29, 0.717) is 0 Å². The van der Waals surface area contributed by atoms with Crippen LogP contribution in [0.4, 0.5) is 0 Å². The van der Waals surface area contributed by atoms with Crippen LogP contribution in [-0.4, -0.2) is 42.4 Å². The highest BCUT2D eigenvalue weighted by Gasteiger charge is 2.66. The lowest BCUT2D eigenvalue weighted by Gasteiger charge is -2.28. The Morgan fingerprint density at radius 2 is 1.57 bits per heavy atom. The summed E-state index contributed by atoms with van der Waals surface area (Å²) in [7, 11) is 0. The number of aliphatic hydroxyl groups is 1. The number of morpholine rings is 1. The summed E-state index contributed by atoms with van der Waals surface area (Å²) < 4.78 is 5.48. The highest BCUT2D eigenvalue weighted by Crippen LogP contribution is 2.56. The summed E-state index contributed by atoms with van der Waals surface area (Å²) >= 11 is 0. The third-order valence-electron chi connectivity index (χ3n) is 5.26. The zero-order valence-electron chi connectivity index (χ0n) is 13.3. The largest absolute Gasteiger partial charge is 0.383 e. The molecule has 2 aromatic carbocycles. The van der Waals surface area contributed by atoms with Crippen LogP contribution in [0.15, 0.2) is 60.7 Å². The monoisotopic (exact) mass is 309 g/mol. The van der Waals surface area contributed by atoms with Crippen molar-refractivity contribution < 1.29 is 9.84 Å². The molecule has 2 aromatic rings. The Labute approximate surface area is 137 Å². The number of nitrogens with zero attached hydrogens (tertiary/aromatic N) is 1. The Bertz CT molecular complexity index is 639. The van der Waals surface area contributed by atoms with E-state index in [1.165, 1.54) is 5.56 Å². The zero-order valence-corrected chi connectivity index (χ0v) is 13.3. The van der Waals surface area contributed by atoms with E-state index in [4.69, 9.17) is 4.74 Å². The second kappa shape index (κ2) is 6.08. The van der Waals surface area contributed by atoms with E-state index in [1.54, 1.807) is 0 Å². The molecule has 0 radical (unpaired) electrons. The van der Waals surface area contributed by atoms with Gasteiger partial charge < -0.3 is 9.84 Å². The number of ether oxygens (including phenoxy) is 1. The first-order valence-electron chi connectivity index (χ1n) is 8.44. The lowest BCUT2D eigenvalue weighted by molar-refractivity contribution is 0.0127. The molecule has 120 valence electrons. The summed E-state index contributed by atoms with van der Waals surface area (Å²) in [5.74, 6) is 0.241. The molecule has 2 aliphatic rings. The van der Waals surface area contributed by atoms with E-state index >= 15 is 0 Å². The van der Waals surface area contributed by atoms with Crippen molar-refractivity contribution in [2.24, 2.45) is 5.92 Å². The van der Waals surface area contributed by atoms with Crippen LogP contribution in [0.3, 0.4) is 0 Å². The van der Waals surface area contributed by atoms with Crippen LogP contribution in [0.5, 0.6) is 0 Å². The molecule has 1 aliphatic carbocycles. The highest BCUT2D eigenvalue weighted by molar-refractivity contribution is 5.37. The van der Waals surface area contributed by atoms with Crippen molar-refractivity contribution in [3.05, 3.63) is 71.8 Å². The van der Waals surface area contributed by atoms with Gasteiger partial charge in [-0.25, -0.2) is 0 Å². The van der Waals surface area contributed by atoms with Gasteiger partial charge in [0.15, 0.2) is 0 Å². The van der Waals surface area contributed by atoms with Crippen LogP contribution in [0.25, 0.3) is 0 Å². The van der Waals surface area contributed by atoms with Crippen LogP contribution in [0, 0.1) is 5.92 Å². The van der Waals surface area contributed by atoms with Gasteiger partial charge in [-0.15, -0.1) is 0 Å². The number of benzene rings is 2. The Morgan fingerprint density at radius 3 is 2.22 bits per heavy atom. The number of rotatable bonds is 4. The molecule has 0 spiro atoms. The third-order valence-corrected chi connectivity index (χ3v) is 5.26. The van der Waals surface area contributed by atoms with Crippen molar-refractivity contribution >= 4 is 0 Å². The molecule has 3 heteroatoms. The molecule has 1 heterocycles. The molecule has 0 unspecified atom stereocenters. The Morgan fingerprint density at radius 1 is 0.957 bits per heavy atom. The molecule has 0 bridgehead atoms. The number of hydrogen-bond acceptors (Lipinski definition) is 3. The molecule has 1 saturated heterocycles. The third kappa shape index (κ3) is 2.69. The van der Waals surface area contributed by atoms with Crippen molar-refractivity contribution in [1.29, 1.82) is 0 Å². The van der Waals surface area contributed by atoms with E-state index in [0.717, 1.165) is 38.3 Å². The van der Waals surface area contributed by atoms with Crippen molar-refractivity contribution in [2.45, 2.75) is 18.1 Å². The van der Waals surface area contributed by atoms with Gasteiger partial charge in [-0.3, -0.25) is 4.90 Å². The Hall–Kier alpha value is -1.68. The topological polar surface area (TPSA) is 32.7 Å². The molecule has 0 aromatic heterocycles. The molecule has 3 nitrogen and oxygen atoms in total. The van der Waals surface area contributed by atoms with Crippen LogP contribution in [-0.2, 0) is 16.8 Å². The lowest BCUT2D eigenvalue weighted by Crippen LogP contribution is -2.41. The smallest absolute Gasteiger partial charge is 0.110 e. The molecule has 23 heavy (non-hydrogen) atoms. The molecular formula is C20H23NO2. The maximum Gasteiger partial charge on any atom is 0.110 e. The predicted octanol–water partition coefficient (Wildman–Crippen LogP) is 2.45. The second-order valence-corrected chi connectivity index (χ2v) is 6.58. The van der Waals surface area contributed by atoms with Crippen molar-refractivity contribution in [3.8, 4) is 0 Å². The first-order valence-corrected chi connectivity index (χ1v) is 8.44. The Kier molecular flexibility index (Phi) is 3.93. The predicted molar refractivity (Wildman–Crippen MR) is 90.2 cm³/mol. The van der Waals surface area contributed by atoms with E-state index in [2.05, 4.69) is 41.3 Å². The Balaban J connectivity index is 1.61. The first-order chi connectivity index (χ1) is 11.3. The maximum absolute atomic E-state index is 11.5. The summed E-state index contributed by atoms with van der Waals surface area (Å²) in [6.45, 7) is 3.34. The standard InChI is InChI=1S/C20H23NO2/c22-20(17-9-5-2-6-10-17)18(15-16-7-3-1-4-8-16)19(20)21-11-13-23-14-12-21/h1-10,18-19,22H,11-15H2/t18-,19-,20-/m1/s1. The van der Waals surface area contributed by atoms with E-state index in [9.17, 15) is 5.11 Å². The van der Waals surface area contributed by atoms with Gasteiger partial charge in [0.05, 0.1) is 13.2 Å². The zero-order chi connectivity index (χ0) is 15.7. The minimum atomic E-state index is -0.742. The molecular weight excluding hydrogens is 286 g/mol. The minimum absolute atomic E-state index is 0.189. The normalized spacial score (nSPS) is 31.0. The average molecular weight is 309 g/mol. The van der Waals surface area contributed by atoms with Crippen LogP contribution in [0.2, 0.25) is 0 Å². The van der Waals surface area contributed by atoms with E-state index in [-0.39, 0.29) is 12.0 Å². The second-order valence-electron chi connectivity index (χ2n) is 6.58. The molecule has 1 saturated carbocycles. The number of hydrogen-bond donors (Lipinski definition) is 1. The van der Waals surface area contributed by atoms with E-state index < -0.39 is 5.60 Å². The van der Waals surface area contributed by atoms with Gasteiger partial charge >= 0.3 is 0 Å². The van der Waals surface area contributed by atoms with Crippen LogP contribution in [0.1, 0.15) is 11.1 Å². The maximum atomic E-state index is 11.5. The van der Waals surface area contributed by atoms with Gasteiger partial charge in [-0.2, -0.15) is 0 Å². The SMILES string of the molecule is O[C@]1(c2ccccc2)[C@H](Cc2ccccc2)[C@H]1N1CCOCC1. The average Bonchev–Trinajstić information content (AvgIpc) is 3.22. The van der Waals surface area contributed by atoms with Gasteiger partial charge in [-0.1, -0.05) is 60.7 Å². The molecule has 2 fully saturated rings. The van der Waals surface area contributed by atoms with Gasteiger partial charge in [0.25, 0.3) is 0 Å². The summed E-state index contributed by atoms with van der Waals surface area (Å²) in [5, 5.41) is 11.5. The molecule has 1 aliphatic heterocycles. The molecule has 1 N–H and O–H groups in total. The highest BCUT2D eigenvalue weighted by atomic mass is 16.5. The summed E-state index contributed by atoms with van der Waals surface area (Å²) in [5.41, 5.74) is 1.59. The fraction of sp³-hybridized carbons (Fsp3) is 0.400. The van der Waals surface area contributed by atoms with Gasteiger partial charge in [-0.05, 0) is 17.5 Å². The fourth-order valence-electron chi connectivity index (χ4n) is 4.04. The first kappa shape index (κ1) is 14.9. The van der Waals surface area contributed by atoms with Crippen LogP contribution < -0.4 is 0 Å². The summed E-state index contributed by atoms with van der Waals surface area (Å²) in [6, 6.07) is 20.8. The summed E-state index contributed by atoms with van der Waals surface area (Å²) in [6.07, 6.45) is 0.911. The van der Waals surface area contributed by atoms with Gasteiger partial charge in [0.1, 0.15) is 5.60 Å². The van der Waals surface area contributed by atoms with Crippen molar-refractivity contribution in [3.63, 3.8) is 0 Å². The van der Waals surface area contributed by atoms with E-state index in [1.807, 2.05) is 24.3 Å². The minimum Gasteiger partial charge on any atom is -0.383 e. The fourth-order valence-corrected chi connectivity index (χ4v) is 4.04. The lowest BCUT2D eigenvalue weighted by atomic mass is 10.0. The van der Waals surface area contributed by atoms with Crippen LogP contribution >= 0.6 is 0 Å². The van der Waals surface area contributed by atoms with Gasteiger partial charge in [0.2, 0.25) is 0 Å². The molecule has 0 amide bonds. The summed E-state index contributed by atoms with van der Waals surface area (Å²) in [4.78, 5) is 2.41. The molecule has 4 rings (SSSR count). The van der Waals surface area contributed by atoms with Crippen molar-refractivity contribution in [2.75, 3.05) is 26.3 Å². The quantitative estimate of drug-likeness (QED) is 0.941. The molecule has 3 atom stereocenters.